The van der Waals surface area contributed by atoms with Gasteiger partial charge in [-0.2, -0.15) is 4.31 Å². The fourth-order valence-corrected chi connectivity index (χ4v) is 5.67. The third-order valence-corrected chi connectivity index (χ3v) is 7.15. The van der Waals surface area contributed by atoms with E-state index >= 15 is 0 Å². The Balaban J connectivity index is 1.74. The molecular formula is C21H26N4O4S. The number of ether oxygens (including phenoxy) is 1. The SMILES string of the molecule is C=CC(=O)NC1CC(C)N(S(=O)(=O)c2ccc(Oc3cncc(C)n3)cc2)C(C)C1. The molecule has 0 spiro atoms. The Morgan fingerprint density at radius 1 is 1.20 bits per heavy atom. The highest BCUT2D eigenvalue weighted by atomic mass is 32.2. The van der Waals surface area contributed by atoms with Crippen LogP contribution in [-0.4, -0.2) is 46.7 Å². The molecule has 1 aliphatic heterocycles. The lowest BCUT2D eigenvalue weighted by molar-refractivity contribution is -0.117. The van der Waals surface area contributed by atoms with E-state index in [1.807, 2.05) is 20.8 Å². The minimum atomic E-state index is -3.70. The number of rotatable bonds is 6. The van der Waals surface area contributed by atoms with Gasteiger partial charge in [-0.05, 0) is 64.0 Å². The Kier molecular flexibility index (Phi) is 6.52. The van der Waals surface area contributed by atoms with Crippen molar-refractivity contribution >= 4 is 15.9 Å². The van der Waals surface area contributed by atoms with Crippen molar-refractivity contribution in [2.24, 2.45) is 0 Å². The monoisotopic (exact) mass is 430 g/mol. The number of carbonyl (C=O) groups excluding carboxylic acids is 1. The quantitative estimate of drug-likeness (QED) is 0.707. The molecule has 1 amide bonds. The van der Waals surface area contributed by atoms with Crippen LogP contribution in [0, 0.1) is 6.92 Å². The molecule has 160 valence electrons. The smallest absolute Gasteiger partial charge is 0.243 e. The van der Waals surface area contributed by atoms with Crippen molar-refractivity contribution in [3.63, 3.8) is 0 Å². The van der Waals surface area contributed by atoms with Gasteiger partial charge in [0.2, 0.25) is 21.8 Å². The van der Waals surface area contributed by atoms with E-state index in [0.717, 1.165) is 5.69 Å². The fourth-order valence-electron chi connectivity index (χ4n) is 3.83. The van der Waals surface area contributed by atoms with Crippen LogP contribution >= 0.6 is 0 Å². The minimum Gasteiger partial charge on any atom is -0.437 e. The number of hydrogen-bond donors (Lipinski definition) is 1. The lowest BCUT2D eigenvalue weighted by Gasteiger charge is -2.41. The van der Waals surface area contributed by atoms with Crippen LogP contribution in [0.3, 0.4) is 0 Å². The summed E-state index contributed by atoms with van der Waals surface area (Å²) < 4.78 is 33.7. The predicted octanol–water partition coefficient (Wildman–Crippen LogP) is 2.81. The molecule has 2 heterocycles. The summed E-state index contributed by atoms with van der Waals surface area (Å²) in [7, 11) is -3.70. The van der Waals surface area contributed by atoms with Crippen LogP contribution in [0.5, 0.6) is 11.6 Å². The van der Waals surface area contributed by atoms with Gasteiger partial charge >= 0.3 is 0 Å². The first kappa shape index (κ1) is 21.9. The molecule has 2 unspecified atom stereocenters. The van der Waals surface area contributed by atoms with Crippen molar-refractivity contribution in [1.82, 2.24) is 19.6 Å². The summed E-state index contributed by atoms with van der Waals surface area (Å²) in [6, 6.07) is 5.66. The summed E-state index contributed by atoms with van der Waals surface area (Å²) in [5.74, 6) is 0.571. The van der Waals surface area contributed by atoms with Crippen molar-refractivity contribution < 1.29 is 17.9 Å². The zero-order valence-corrected chi connectivity index (χ0v) is 18.1. The van der Waals surface area contributed by atoms with Gasteiger partial charge < -0.3 is 10.1 Å². The van der Waals surface area contributed by atoms with Crippen LogP contribution in [0.4, 0.5) is 0 Å². The standard InChI is InChI=1S/C21H26N4O4S/c1-5-20(26)24-17-10-15(3)25(16(4)11-17)30(27,28)19-8-6-18(7-9-19)29-21-13-22-12-14(2)23-21/h5-9,12-13,15-17H,1,10-11H2,2-4H3,(H,24,26). The molecule has 8 nitrogen and oxygen atoms in total. The Labute approximate surface area is 177 Å². The number of nitrogens with one attached hydrogen (secondary N) is 1. The van der Waals surface area contributed by atoms with E-state index < -0.39 is 10.0 Å². The lowest BCUT2D eigenvalue weighted by atomic mass is 9.95. The highest BCUT2D eigenvalue weighted by Crippen LogP contribution is 2.31. The first-order valence-electron chi connectivity index (χ1n) is 9.73. The van der Waals surface area contributed by atoms with E-state index in [4.69, 9.17) is 4.74 Å². The summed E-state index contributed by atoms with van der Waals surface area (Å²) in [6.07, 6.45) is 5.42. The summed E-state index contributed by atoms with van der Waals surface area (Å²) in [5, 5.41) is 2.87. The molecule has 1 aromatic carbocycles. The van der Waals surface area contributed by atoms with Gasteiger partial charge in [0, 0.05) is 24.3 Å². The third-order valence-electron chi connectivity index (χ3n) is 5.01. The van der Waals surface area contributed by atoms with E-state index in [1.165, 1.54) is 28.7 Å². The highest BCUT2D eigenvalue weighted by Gasteiger charge is 2.39. The number of hydrogen-bond acceptors (Lipinski definition) is 6. The van der Waals surface area contributed by atoms with Crippen LogP contribution in [0.1, 0.15) is 32.4 Å². The first-order valence-corrected chi connectivity index (χ1v) is 11.2. The summed E-state index contributed by atoms with van der Waals surface area (Å²) >= 11 is 0. The second kappa shape index (κ2) is 8.93. The number of nitrogens with zero attached hydrogens (tertiary/aromatic N) is 3. The summed E-state index contributed by atoms with van der Waals surface area (Å²) in [4.78, 5) is 20.0. The normalized spacial score (nSPS) is 22.3. The number of benzene rings is 1. The van der Waals surface area contributed by atoms with Gasteiger partial charge in [-0.1, -0.05) is 6.58 Å². The molecule has 0 saturated carbocycles. The van der Waals surface area contributed by atoms with Crippen molar-refractivity contribution in [3.8, 4) is 11.6 Å². The van der Waals surface area contributed by atoms with Gasteiger partial charge in [-0.3, -0.25) is 9.78 Å². The zero-order chi connectivity index (χ0) is 21.9. The fraction of sp³-hybridized carbons (Fsp3) is 0.381. The van der Waals surface area contributed by atoms with Gasteiger partial charge in [0.05, 0.1) is 16.8 Å². The molecule has 3 rings (SSSR count). The van der Waals surface area contributed by atoms with Crippen LogP contribution in [-0.2, 0) is 14.8 Å². The number of carbonyl (C=O) groups is 1. The minimum absolute atomic E-state index is 0.0850. The maximum absolute atomic E-state index is 13.3. The van der Waals surface area contributed by atoms with Gasteiger partial charge in [-0.25, -0.2) is 13.4 Å². The van der Waals surface area contributed by atoms with E-state index in [-0.39, 0.29) is 28.9 Å². The Morgan fingerprint density at radius 2 is 1.83 bits per heavy atom. The molecule has 30 heavy (non-hydrogen) atoms. The molecule has 2 aromatic rings. The molecular weight excluding hydrogens is 404 g/mol. The molecule has 1 aliphatic rings. The third kappa shape index (κ3) is 4.85. The molecule has 0 radical (unpaired) electrons. The largest absolute Gasteiger partial charge is 0.437 e. The zero-order valence-electron chi connectivity index (χ0n) is 17.3. The van der Waals surface area contributed by atoms with Gasteiger partial charge in [-0.15, -0.1) is 0 Å². The first-order chi connectivity index (χ1) is 14.2. The summed E-state index contributed by atoms with van der Waals surface area (Å²) in [6.45, 7) is 8.98. The van der Waals surface area contributed by atoms with Crippen LogP contribution in [0.2, 0.25) is 0 Å². The van der Waals surface area contributed by atoms with Crippen LogP contribution in [0.25, 0.3) is 0 Å². The number of sulfonamides is 1. The number of aromatic nitrogens is 2. The molecule has 1 saturated heterocycles. The van der Waals surface area contributed by atoms with E-state index in [2.05, 4.69) is 21.9 Å². The number of piperidine rings is 1. The molecule has 9 heteroatoms. The Morgan fingerprint density at radius 3 is 2.40 bits per heavy atom. The molecule has 1 fully saturated rings. The van der Waals surface area contributed by atoms with Crippen LogP contribution in [0.15, 0.2) is 54.2 Å². The van der Waals surface area contributed by atoms with Crippen molar-refractivity contribution in [2.75, 3.05) is 0 Å². The van der Waals surface area contributed by atoms with Gasteiger partial charge in [0.25, 0.3) is 0 Å². The van der Waals surface area contributed by atoms with E-state index in [9.17, 15) is 13.2 Å². The highest BCUT2D eigenvalue weighted by molar-refractivity contribution is 7.89. The summed E-state index contributed by atoms with van der Waals surface area (Å²) in [5.41, 5.74) is 0.724. The molecule has 1 aromatic heterocycles. The predicted molar refractivity (Wildman–Crippen MR) is 113 cm³/mol. The second-order valence-electron chi connectivity index (χ2n) is 7.49. The molecule has 0 aliphatic carbocycles. The van der Waals surface area contributed by atoms with Crippen molar-refractivity contribution in [2.45, 2.75) is 56.6 Å². The van der Waals surface area contributed by atoms with Crippen LogP contribution < -0.4 is 10.1 Å². The maximum Gasteiger partial charge on any atom is 0.243 e. The lowest BCUT2D eigenvalue weighted by Crippen LogP contribution is -2.54. The van der Waals surface area contributed by atoms with Gasteiger partial charge in [0.1, 0.15) is 5.75 Å². The van der Waals surface area contributed by atoms with E-state index in [0.29, 0.717) is 24.5 Å². The van der Waals surface area contributed by atoms with Crippen molar-refractivity contribution in [3.05, 3.63) is 55.0 Å². The van der Waals surface area contributed by atoms with E-state index in [1.54, 1.807) is 18.3 Å². The Hall–Kier alpha value is -2.78. The topological polar surface area (TPSA) is 101 Å². The molecule has 1 N–H and O–H groups in total. The number of aryl methyl sites for hydroxylation is 1. The molecule has 2 atom stereocenters. The second-order valence-corrected chi connectivity index (χ2v) is 9.33. The Bertz CT molecular complexity index is 1010. The average molecular weight is 431 g/mol. The average Bonchev–Trinajstić information content (AvgIpc) is 2.67. The van der Waals surface area contributed by atoms with Crippen molar-refractivity contribution in [1.29, 1.82) is 0 Å². The maximum atomic E-state index is 13.3. The molecule has 0 bridgehead atoms. The number of amides is 1. The van der Waals surface area contributed by atoms with Gasteiger partial charge in [0.15, 0.2) is 0 Å².